The molecule has 0 aromatic heterocycles. The van der Waals surface area contributed by atoms with Gasteiger partial charge in [-0.05, 0) is 30.9 Å². The van der Waals surface area contributed by atoms with E-state index in [1.807, 2.05) is 6.92 Å². The summed E-state index contributed by atoms with van der Waals surface area (Å²) in [6, 6.07) is 0. The Kier molecular flexibility index (Phi) is 2.07. The van der Waals surface area contributed by atoms with E-state index in [4.69, 9.17) is 0 Å². The van der Waals surface area contributed by atoms with E-state index in [0.717, 1.165) is 19.3 Å². The van der Waals surface area contributed by atoms with E-state index in [9.17, 15) is 9.90 Å². The Morgan fingerprint density at radius 3 is 3.00 bits per heavy atom. The molecular formula is C12H18O2. The van der Waals surface area contributed by atoms with Gasteiger partial charge in [-0.2, -0.15) is 0 Å². The molecule has 1 saturated carbocycles. The molecule has 2 heteroatoms. The molecular weight excluding hydrogens is 176 g/mol. The maximum Gasteiger partial charge on any atom is 0.156 e. The highest BCUT2D eigenvalue weighted by Gasteiger charge is 2.53. The number of hydrogen-bond donors (Lipinski definition) is 1. The quantitative estimate of drug-likeness (QED) is 0.641. The van der Waals surface area contributed by atoms with Crippen LogP contribution in [0.2, 0.25) is 0 Å². The Labute approximate surface area is 85.0 Å². The molecule has 2 aliphatic carbocycles. The van der Waals surface area contributed by atoms with Crippen molar-refractivity contribution in [2.75, 3.05) is 0 Å². The van der Waals surface area contributed by atoms with Crippen molar-refractivity contribution in [2.45, 2.75) is 45.1 Å². The van der Waals surface area contributed by atoms with Gasteiger partial charge in [-0.1, -0.05) is 20.3 Å². The van der Waals surface area contributed by atoms with E-state index in [0.29, 0.717) is 6.42 Å². The Morgan fingerprint density at radius 2 is 2.29 bits per heavy atom. The molecule has 2 aliphatic rings. The lowest BCUT2D eigenvalue weighted by Gasteiger charge is -2.52. The maximum absolute atomic E-state index is 11.4. The Balaban J connectivity index is 2.42. The summed E-state index contributed by atoms with van der Waals surface area (Å²) in [5, 5.41) is 10.6. The van der Waals surface area contributed by atoms with Gasteiger partial charge in [0.15, 0.2) is 5.78 Å². The fourth-order valence-electron chi connectivity index (χ4n) is 3.07. The first kappa shape index (κ1) is 9.91. The van der Waals surface area contributed by atoms with Crippen LogP contribution in [0.1, 0.15) is 39.5 Å². The molecule has 0 aromatic rings. The molecule has 1 fully saturated rings. The molecule has 2 rings (SSSR count). The second kappa shape index (κ2) is 2.93. The van der Waals surface area contributed by atoms with Gasteiger partial charge in [-0.3, -0.25) is 4.79 Å². The van der Waals surface area contributed by atoms with Crippen LogP contribution < -0.4 is 0 Å². The fraction of sp³-hybridized carbons (Fsp3) is 0.750. The number of rotatable bonds is 0. The number of hydrogen-bond acceptors (Lipinski definition) is 2. The van der Waals surface area contributed by atoms with Crippen molar-refractivity contribution in [3.63, 3.8) is 0 Å². The van der Waals surface area contributed by atoms with E-state index >= 15 is 0 Å². The van der Waals surface area contributed by atoms with Crippen molar-refractivity contribution in [1.29, 1.82) is 0 Å². The second-order valence-electron chi connectivity index (χ2n) is 5.16. The first-order valence-corrected chi connectivity index (χ1v) is 5.42. The second-order valence-corrected chi connectivity index (χ2v) is 5.16. The number of aliphatic hydroxyl groups is 1. The molecule has 3 atom stereocenters. The summed E-state index contributed by atoms with van der Waals surface area (Å²) < 4.78 is 0. The normalized spacial score (nSPS) is 47.6. The van der Waals surface area contributed by atoms with Crippen molar-refractivity contribution in [2.24, 2.45) is 11.3 Å². The number of carbonyl (C=O) groups is 1. The Morgan fingerprint density at radius 1 is 1.57 bits per heavy atom. The van der Waals surface area contributed by atoms with Crippen LogP contribution in [-0.4, -0.2) is 16.5 Å². The summed E-state index contributed by atoms with van der Waals surface area (Å²) in [6.45, 7) is 4.13. The van der Waals surface area contributed by atoms with E-state index in [1.165, 1.54) is 0 Å². The van der Waals surface area contributed by atoms with Gasteiger partial charge in [-0.25, -0.2) is 0 Å². The summed E-state index contributed by atoms with van der Waals surface area (Å²) in [7, 11) is 0. The fourth-order valence-corrected chi connectivity index (χ4v) is 3.07. The van der Waals surface area contributed by atoms with E-state index in [1.54, 1.807) is 12.2 Å². The highest BCUT2D eigenvalue weighted by Crippen LogP contribution is 2.52. The monoisotopic (exact) mass is 194 g/mol. The predicted molar refractivity (Wildman–Crippen MR) is 54.8 cm³/mol. The van der Waals surface area contributed by atoms with Crippen LogP contribution in [0.5, 0.6) is 0 Å². The average Bonchev–Trinajstić information content (AvgIpc) is 2.10. The van der Waals surface area contributed by atoms with Gasteiger partial charge < -0.3 is 5.11 Å². The Hall–Kier alpha value is -0.630. The molecule has 78 valence electrons. The smallest absolute Gasteiger partial charge is 0.156 e. The first-order valence-electron chi connectivity index (χ1n) is 5.42. The lowest BCUT2D eigenvalue weighted by atomic mass is 9.56. The molecule has 1 N–H and O–H groups in total. The van der Waals surface area contributed by atoms with Crippen LogP contribution in [0.15, 0.2) is 12.2 Å². The third-order valence-corrected chi connectivity index (χ3v) is 4.17. The van der Waals surface area contributed by atoms with Gasteiger partial charge in [0, 0.05) is 11.8 Å². The van der Waals surface area contributed by atoms with E-state index in [2.05, 4.69) is 6.92 Å². The Bertz CT molecular complexity index is 295. The summed E-state index contributed by atoms with van der Waals surface area (Å²) >= 11 is 0. The van der Waals surface area contributed by atoms with Crippen LogP contribution in [-0.2, 0) is 4.79 Å². The van der Waals surface area contributed by atoms with Gasteiger partial charge in [0.1, 0.15) is 0 Å². The third kappa shape index (κ3) is 1.17. The van der Waals surface area contributed by atoms with Crippen LogP contribution in [0.25, 0.3) is 0 Å². The topological polar surface area (TPSA) is 37.3 Å². The molecule has 0 saturated heterocycles. The summed E-state index contributed by atoms with van der Waals surface area (Å²) in [4.78, 5) is 11.4. The van der Waals surface area contributed by atoms with Crippen molar-refractivity contribution in [3.8, 4) is 0 Å². The lowest BCUT2D eigenvalue weighted by Crippen LogP contribution is -2.55. The first-order chi connectivity index (χ1) is 6.48. The van der Waals surface area contributed by atoms with Crippen LogP contribution >= 0.6 is 0 Å². The zero-order valence-electron chi connectivity index (χ0n) is 8.92. The maximum atomic E-state index is 11.4. The molecule has 0 radical (unpaired) electrons. The molecule has 2 nitrogen and oxygen atoms in total. The molecule has 14 heavy (non-hydrogen) atoms. The lowest BCUT2D eigenvalue weighted by molar-refractivity contribution is -0.137. The minimum absolute atomic E-state index is 0.159. The predicted octanol–water partition coefficient (Wildman–Crippen LogP) is 2.07. The molecule has 0 amide bonds. The number of allylic oxidation sites excluding steroid dienone is 1. The van der Waals surface area contributed by atoms with Crippen LogP contribution in [0.3, 0.4) is 0 Å². The highest BCUT2D eigenvalue weighted by atomic mass is 16.3. The van der Waals surface area contributed by atoms with Gasteiger partial charge in [0.05, 0.1) is 5.60 Å². The van der Waals surface area contributed by atoms with Crippen molar-refractivity contribution in [1.82, 2.24) is 0 Å². The minimum Gasteiger partial charge on any atom is -0.385 e. The number of ketones is 1. The minimum atomic E-state index is -0.751. The number of carbonyl (C=O) groups excluding carboxylic acids is 1. The molecule has 0 spiro atoms. The molecule has 0 unspecified atom stereocenters. The molecule has 0 aliphatic heterocycles. The van der Waals surface area contributed by atoms with Gasteiger partial charge in [-0.15, -0.1) is 0 Å². The summed E-state index contributed by atoms with van der Waals surface area (Å²) in [5.74, 6) is 0.428. The summed E-state index contributed by atoms with van der Waals surface area (Å²) in [6.07, 6.45) is 6.95. The largest absolute Gasteiger partial charge is 0.385 e. The van der Waals surface area contributed by atoms with Crippen LogP contribution in [0, 0.1) is 11.3 Å². The summed E-state index contributed by atoms with van der Waals surface area (Å²) in [5.41, 5.74) is -0.977. The van der Waals surface area contributed by atoms with Crippen molar-refractivity contribution >= 4 is 5.78 Å². The number of fused-ring (bicyclic) bond motifs is 1. The molecule has 0 bridgehead atoms. The SMILES string of the molecule is C[C@@H]1CCC[C@@]2(C)CC(=O)C=C[C@]12O. The van der Waals surface area contributed by atoms with Gasteiger partial charge in [0.25, 0.3) is 0 Å². The third-order valence-electron chi connectivity index (χ3n) is 4.17. The van der Waals surface area contributed by atoms with E-state index in [-0.39, 0.29) is 17.1 Å². The molecule has 0 heterocycles. The zero-order chi connectivity index (χ0) is 10.4. The van der Waals surface area contributed by atoms with Crippen LogP contribution in [0.4, 0.5) is 0 Å². The van der Waals surface area contributed by atoms with Gasteiger partial charge in [0.2, 0.25) is 0 Å². The standard InChI is InChI=1S/C12H18O2/c1-9-4-3-6-11(2)8-10(13)5-7-12(9,11)14/h5,7,9,14H,3-4,6,8H2,1-2H3/t9-,11+,12+/m1/s1. The van der Waals surface area contributed by atoms with Crippen molar-refractivity contribution in [3.05, 3.63) is 12.2 Å². The average molecular weight is 194 g/mol. The van der Waals surface area contributed by atoms with Gasteiger partial charge >= 0.3 is 0 Å². The zero-order valence-corrected chi connectivity index (χ0v) is 8.92. The van der Waals surface area contributed by atoms with Crippen molar-refractivity contribution < 1.29 is 9.90 Å². The highest BCUT2D eigenvalue weighted by molar-refractivity contribution is 5.91. The molecule has 0 aromatic carbocycles. The van der Waals surface area contributed by atoms with E-state index < -0.39 is 5.60 Å².